The molecule has 0 aromatic heterocycles. The van der Waals surface area contributed by atoms with E-state index < -0.39 is 0 Å². The summed E-state index contributed by atoms with van der Waals surface area (Å²) in [5, 5.41) is 8.97. The van der Waals surface area contributed by atoms with Crippen molar-refractivity contribution in [2.24, 2.45) is 4.99 Å². The third-order valence-electron chi connectivity index (χ3n) is 2.87. The maximum absolute atomic E-state index is 11.4. The summed E-state index contributed by atoms with van der Waals surface area (Å²) in [6.45, 7) is 4.68. The smallest absolute Gasteiger partial charge is 0.251 e. The van der Waals surface area contributed by atoms with Crippen molar-refractivity contribution in [2.45, 2.75) is 13.5 Å². The fourth-order valence-corrected chi connectivity index (χ4v) is 1.71. The van der Waals surface area contributed by atoms with E-state index in [2.05, 4.69) is 20.9 Å². The van der Waals surface area contributed by atoms with Crippen molar-refractivity contribution in [1.29, 1.82) is 0 Å². The number of amides is 1. The maximum atomic E-state index is 11.4. The van der Waals surface area contributed by atoms with Gasteiger partial charge in [0.15, 0.2) is 5.96 Å². The van der Waals surface area contributed by atoms with Crippen LogP contribution in [0.2, 0.25) is 0 Å². The number of ether oxygens (including phenoxy) is 1. The molecule has 0 radical (unpaired) electrons. The van der Waals surface area contributed by atoms with Crippen LogP contribution in [0.4, 0.5) is 0 Å². The van der Waals surface area contributed by atoms with Gasteiger partial charge in [-0.25, -0.2) is 0 Å². The molecular formula is C15H24N4O2. The molecule has 0 spiro atoms. The molecule has 0 bridgehead atoms. The molecule has 6 nitrogen and oxygen atoms in total. The van der Waals surface area contributed by atoms with E-state index in [1.165, 1.54) is 0 Å². The van der Waals surface area contributed by atoms with Crippen LogP contribution in [0.25, 0.3) is 0 Å². The molecule has 116 valence electrons. The molecule has 1 amide bonds. The SMILES string of the molecule is CCOCCNC(=NC)NCc1ccc(C(=O)NC)cc1. The number of hydrogen-bond acceptors (Lipinski definition) is 3. The van der Waals surface area contributed by atoms with Crippen LogP contribution in [0.15, 0.2) is 29.3 Å². The third kappa shape index (κ3) is 6.27. The van der Waals surface area contributed by atoms with E-state index in [0.717, 1.165) is 11.5 Å². The average molecular weight is 292 g/mol. The molecular weight excluding hydrogens is 268 g/mol. The lowest BCUT2D eigenvalue weighted by Gasteiger charge is -2.12. The molecule has 1 rings (SSSR count). The maximum Gasteiger partial charge on any atom is 0.251 e. The molecule has 0 aliphatic rings. The number of rotatable bonds is 7. The quantitative estimate of drug-likeness (QED) is 0.394. The van der Waals surface area contributed by atoms with Gasteiger partial charge in [0, 0.05) is 39.4 Å². The Balaban J connectivity index is 2.40. The highest BCUT2D eigenvalue weighted by Gasteiger charge is 2.03. The molecule has 0 heterocycles. The van der Waals surface area contributed by atoms with Gasteiger partial charge in [0.1, 0.15) is 0 Å². The summed E-state index contributed by atoms with van der Waals surface area (Å²) >= 11 is 0. The highest BCUT2D eigenvalue weighted by molar-refractivity contribution is 5.93. The number of nitrogens with one attached hydrogen (secondary N) is 3. The second-order valence-electron chi connectivity index (χ2n) is 4.33. The number of aliphatic imine (C=N–C) groups is 1. The predicted molar refractivity (Wildman–Crippen MR) is 84.5 cm³/mol. The van der Waals surface area contributed by atoms with Crippen LogP contribution in [0.1, 0.15) is 22.8 Å². The van der Waals surface area contributed by atoms with Crippen LogP contribution in [-0.2, 0) is 11.3 Å². The second-order valence-corrected chi connectivity index (χ2v) is 4.33. The fourth-order valence-electron chi connectivity index (χ4n) is 1.71. The van der Waals surface area contributed by atoms with Crippen molar-refractivity contribution < 1.29 is 9.53 Å². The first kappa shape index (κ1) is 17.0. The number of guanidine groups is 1. The molecule has 0 saturated carbocycles. The molecule has 0 aliphatic carbocycles. The van der Waals surface area contributed by atoms with Crippen molar-refractivity contribution in [3.05, 3.63) is 35.4 Å². The number of hydrogen-bond donors (Lipinski definition) is 3. The number of benzene rings is 1. The Morgan fingerprint density at radius 3 is 2.52 bits per heavy atom. The molecule has 6 heteroatoms. The van der Waals surface area contributed by atoms with E-state index in [0.29, 0.717) is 31.9 Å². The van der Waals surface area contributed by atoms with Crippen LogP contribution in [-0.4, -0.2) is 45.7 Å². The minimum absolute atomic E-state index is 0.0806. The highest BCUT2D eigenvalue weighted by atomic mass is 16.5. The minimum atomic E-state index is -0.0806. The first-order valence-electron chi connectivity index (χ1n) is 7.04. The molecule has 0 saturated heterocycles. The van der Waals surface area contributed by atoms with E-state index in [1.807, 2.05) is 19.1 Å². The normalized spacial score (nSPS) is 11.1. The third-order valence-corrected chi connectivity index (χ3v) is 2.87. The zero-order valence-corrected chi connectivity index (χ0v) is 12.9. The molecule has 0 unspecified atom stereocenters. The van der Waals surface area contributed by atoms with Crippen molar-refractivity contribution in [3.63, 3.8) is 0 Å². The van der Waals surface area contributed by atoms with Crippen molar-refractivity contribution in [1.82, 2.24) is 16.0 Å². The molecule has 21 heavy (non-hydrogen) atoms. The van der Waals surface area contributed by atoms with E-state index in [-0.39, 0.29) is 5.91 Å². The monoisotopic (exact) mass is 292 g/mol. The zero-order chi connectivity index (χ0) is 15.5. The standard InChI is InChI=1S/C15H24N4O2/c1-4-21-10-9-18-15(17-3)19-11-12-5-7-13(8-6-12)14(20)16-2/h5-8H,4,9-11H2,1-3H3,(H,16,20)(H2,17,18,19). The Morgan fingerprint density at radius 2 is 1.95 bits per heavy atom. The van der Waals surface area contributed by atoms with Gasteiger partial charge in [0.25, 0.3) is 5.91 Å². The topological polar surface area (TPSA) is 74.8 Å². The van der Waals surface area contributed by atoms with Gasteiger partial charge in [-0.1, -0.05) is 12.1 Å². The first-order chi connectivity index (χ1) is 10.2. The highest BCUT2D eigenvalue weighted by Crippen LogP contribution is 2.04. The number of nitrogens with zero attached hydrogens (tertiary/aromatic N) is 1. The number of carbonyl (C=O) groups excluding carboxylic acids is 1. The summed E-state index contributed by atoms with van der Waals surface area (Å²) in [6, 6.07) is 7.46. The van der Waals surface area contributed by atoms with E-state index >= 15 is 0 Å². The summed E-state index contributed by atoms with van der Waals surface area (Å²) in [6.07, 6.45) is 0. The second kappa shape index (κ2) is 9.77. The molecule has 0 aliphatic heterocycles. The van der Waals surface area contributed by atoms with Crippen LogP contribution in [0, 0.1) is 0 Å². The molecule has 0 atom stereocenters. The van der Waals surface area contributed by atoms with Gasteiger partial charge in [-0.15, -0.1) is 0 Å². The summed E-state index contributed by atoms with van der Waals surface area (Å²) in [7, 11) is 3.35. The van der Waals surface area contributed by atoms with Crippen molar-refractivity contribution >= 4 is 11.9 Å². The lowest BCUT2D eigenvalue weighted by Crippen LogP contribution is -2.38. The molecule has 3 N–H and O–H groups in total. The molecule has 1 aromatic carbocycles. The van der Waals surface area contributed by atoms with Gasteiger partial charge in [-0.2, -0.15) is 0 Å². The minimum Gasteiger partial charge on any atom is -0.380 e. The van der Waals surface area contributed by atoms with Crippen LogP contribution < -0.4 is 16.0 Å². The Hall–Kier alpha value is -2.08. The van der Waals surface area contributed by atoms with E-state index in [9.17, 15) is 4.79 Å². The largest absolute Gasteiger partial charge is 0.380 e. The molecule has 1 aromatic rings. The van der Waals surface area contributed by atoms with Crippen LogP contribution in [0.5, 0.6) is 0 Å². The summed E-state index contributed by atoms with van der Waals surface area (Å²) in [5.41, 5.74) is 1.73. The summed E-state index contributed by atoms with van der Waals surface area (Å²) in [4.78, 5) is 15.6. The van der Waals surface area contributed by atoms with Gasteiger partial charge in [-0.05, 0) is 24.6 Å². The van der Waals surface area contributed by atoms with Crippen molar-refractivity contribution in [3.8, 4) is 0 Å². The predicted octanol–water partition coefficient (Wildman–Crippen LogP) is 0.748. The fraction of sp³-hybridized carbons (Fsp3) is 0.467. The lowest BCUT2D eigenvalue weighted by molar-refractivity contribution is 0.0963. The molecule has 0 fully saturated rings. The van der Waals surface area contributed by atoms with Gasteiger partial charge in [-0.3, -0.25) is 9.79 Å². The summed E-state index contributed by atoms with van der Waals surface area (Å²) in [5.74, 6) is 0.646. The Bertz CT molecular complexity index is 457. The van der Waals surface area contributed by atoms with Crippen molar-refractivity contribution in [2.75, 3.05) is 33.9 Å². The zero-order valence-electron chi connectivity index (χ0n) is 12.9. The van der Waals surface area contributed by atoms with E-state index in [1.54, 1.807) is 26.2 Å². The van der Waals surface area contributed by atoms with Gasteiger partial charge in [0.2, 0.25) is 0 Å². The van der Waals surface area contributed by atoms with E-state index in [4.69, 9.17) is 4.74 Å². The lowest BCUT2D eigenvalue weighted by atomic mass is 10.1. The van der Waals surface area contributed by atoms with Gasteiger partial charge < -0.3 is 20.7 Å². The van der Waals surface area contributed by atoms with Crippen LogP contribution >= 0.6 is 0 Å². The number of carbonyl (C=O) groups is 1. The Labute approximate surface area is 126 Å². The van der Waals surface area contributed by atoms with Gasteiger partial charge in [0.05, 0.1) is 6.61 Å². The van der Waals surface area contributed by atoms with Gasteiger partial charge >= 0.3 is 0 Å². The average Bonchev–Trinajstić information content (AvgIpc) is 2.54. The Kier molecular flexibility index (Phi) is 7.89. The first-order valence-corrected chi connectivity index (χ1v) is 7.04. The van der Waals surface area contributed by atoms with Crippen LogP contribution in [0.3, 0.4) is 0 Å². The Morgan fingerprint density at radius 1 is 1.24 bits per heavy atom. The summed E-state index contributed by atoms with van der Waals surface area (Å²) < 4.78 is 5.25.